The number of nitrogens with one attached hydrogen (secondary N) is 1. The van der Waals surface area contributed by atoms with E-state index in [1.165, 1.54) is 19.3 Å². The monoisotopic (exact) mass is 273 g/mol. The number of anilines is 1. The second-order valence-electron chi connectivity index (χ2n) is 5.95. The van der Waals surface area contributed by atoms with E-state index >= 15 is 0 Å². The van der Waals surface area contributed by atoms with Gasteiger partial charge in [0.2, 0.25) is 0 Å². The fraction of sp³-hybridized carbons (Fsp3) is 0.588. The predicted molar refractivity (Wildman–Crippen MR) is 80.5 cm³/mol. The van der Waals surface area contributed by atoms with Crippen LogP contribution in [-0.2, 0) is 0 Å². The van der Waals surface area contributed by atoms with Gasteiger partial charge >= 0.3 is 0 Å². The van der Waals surface area contributed by atoms with E-state index in [-0.39, 0.29) is 11.7 Å². The van der Waals surface area contributed by atoms with Crippen LogP contribution in [0.15, 0.2) is 18.2 Å². The summed E-state index contributed by atoms with van der Waals surface area (Å²) in [5, 5.41) is 3.30. The van der Waals surface area contributed by atoms with Gasteiger partial charge in [-0.1, -0.05) is 19.4 Å². The normalized spacial score (nSPS) is 25.2. The van der Waals surface area contributed by atoms with Gasteiger partial charge in [-0.25, -0.2) is 0 Å². The highest BCUT2D eigenvalue weighted by molar-refractivity contribution is 6.02. The van der Waals surface area contributed by atoms with Crippen LogP contribution in [0.5, 0.6) is 5.75 Å². The molecule has 0 bridgehead atoms. The third kappa shape index (κ3) is 2.54. The zero-order chi connectivity index (χ0) is 13.9. The molecule has 0 atom stereocenters. The quantitative estimate of drug-likeness (QED) is 0.849. The summed E-state index contributed by atoms with van der Waals surface area (Å²) in [6.45, 7) is 3.70. The molecule has 2 aliphatic rings. The second kappa shape index (κ2) is 5.86. The fourth-order valence-electron chi connectivity index (χ4n) is 3.42. The first-order valence-electron chi connectivity index (χ1n) is 7.83. The Bertz CT molecular complexity index is 490. The van der Waals surface area contributed by atoms with Gasteiger partial charge in [0.1, 0.15) is 6.61 Å². The zero-order valence-corrected chi connectivity index (χ0v) is 12.2. The minimum absolute atomic E-state index is 0.190. The van der Waals surface area contributed by atoms with Crippen molar-refractivity contribution in [2.45, 2.75) is 39.0 Å². The minimum Gasteiger partial charge on any atom is -0.489 e. The van der Waals surface area contributed by atoms with Crippen molar-refractivity contribution in [3.8, 4) is 5.75 Å². The molecule has 1 aromatic rings. The van der Waals surface area contributed by atoms with Gasteiger partial charge in [0, 0.05) is 12.5 Å². The number of ketones is 1. The third-order valence-electron chi connectivity index (χ3n) is 4.74. The molecule has 3 heteroatoms. The van der Waals surface area contributed by atoms with Crippen molar-refractivity contribution >= 4 is 11.5 Å². The maximum Gasteiger partial charge on any atom is 0.169 e. The van der Waals surface area contributed by atoms with Gasteiger partial charge in [0.05, 0.1) is 11.3 Å². The average Bonchev–Trinajstić information content (AvgIpc) is 2.54. The molecule has 0 aromatic heterocycles. The molecule has 1 aromatic carbocycles. The van der Waals surface area contributed by atoms with E-state index in [9.17, 15) is 4.79 Å². The summed E-state index contributed by atoms with van der Waals surface area (Å²) in [6.07, 6.45) is 5.71. The number of hydrogen-bond donors (Lipinski definition) is 1. The van der Waals surface area contributed by atoms with E-state index in [1.807, 2.05) is 18.2 Å². The van der Waals surface area contributed by atoms with Crippen LogP contribution in [0, 0.1) is 11.8 Å². The first-order chi connectivity index (χ1) is 9.79. The SMILES string of the molecule is CCC1CCC(C(=O)c2cccc3c2OCCN3)CC1. The van der Waals surface area contributed by atoms with E-state index < -0.39 is 0 Å². The molecule has 1 aliphatic heterocycles. The lowest BCUT2D eigenvalue weighted by Gasteiger charge is -2.28. The predicted octanol–water partition coefficient (Wildman–Crippen LogP) is 3.89. The van der Waals surface area contributed by atoms with Crippen molar-refractivity contribution in [1.82, 2.24) is 0 Å². The van der Waals surface area contributed by atoms with Gasteiger partial charge in [0.15, 0.2) is 11.5 Å². The van der Waals surface area contributed by atoms with Crippen LogP contribution in [-0.4, -0.2) is 18.9 Å². The highest BCUT2D eigenvalue weighted by Gasteiger charge is 2.29. The number of para-hydroxylation sites is 1. The fourth-order valence-corrected chi connectivity index (χ4v) is 3.42. The van der Waals surface area contributed by atoms with Crippen molar-refractivity contribution in [1.29, 1.82) is 0 Å². The van der Waals surface area contributed by atoms with E-state index in [2.05, 4.69) is 12.2 Å². The van der Waals surface area contributed by atoms with Crippen molar-refractivity contribution in [2.24, 2.45) is 11.8 Å². The number of Topliss-reactive ketones (excluding diaryl/α,β-unsaturated/α-hetero) is 1. The molecule has 0 radical (unpaired) electrons. The number of rotatable bonds is 3. The minimum atomic E-state index is 0.190. The van der Waals surface area contributed by atoms with Crippen molar-refractivity contribution < 1.29 is 9.53 Å². The Morgan fingerprint density at radius 2 is 2.10 bits per heavy atom. The van der Waals surface area contributed by atoms with Gasteiger partial charge in [-0.3, -0.25) is 4.79 Å². The first-order valence-corrected chi connectivity index (χ1v) is 7.83. The van der Waals surface area contributed by atoms with Crippen LogP contribution in [0.3, 0.4) is 0 Å². The highest BCUT2D eigenvalue weighted by Crippen LogP contribution is 2.37. The number of carbonyl (C=O) groups excluding carboxylic acids is 1. The molecule has 1 heterocycles. The molecule has 3 nitrogen and oxygen atoms in total. The second-order valence-corrected chi connectivity index (χ2v) is 5.95. The summed E-state index contributed by atoms with van der Waals surface area (Å²) in [5.74, 6) is 2.05. The largest absolute Gasteiger partial charge is 0.489 e. The third-order valence-corrected chi connectivity index (χ3v) is 4.74. The zero-order valence-electron chi connectivity index (χ0n) is 12.2. The van der Waals surface area contributed by atoms with Crippen LogP contribution < -0.4 is 10.1 Å². The van der Waals surface area contributed by atoms with Gasteiger partial charge in [-0.15, -0.1) is 0 Å². The molecule has 0 unspecified atom stereocenters. The van der Waals surface area contributed by atoms with Crippen LogP contribution in [0.1, 0.15) is 49.4 Å². The van der Waals surface area contributed by atoms with E-state index in [4.69, 9.17) is 4.74 Å². The number of benzene rings is 1. The lowest BCUT2D eigenvalue weighted by Crippen LogP contribution is -2.24. The summed E-state index contributed by atoms with van der Waals surface area (Å²) in [4.78, 5) is 12.8. The van der Waals surface area contributed by atoms with Gasteiger partial charge < -0.3 is 10.1 Å². The number of ether oxygens (including phenoxy) is 1. The lowest BCUT2D eigenvalue weighted by molar-refractivity contribution is 0.0867. The van der Waals surface area contributed by atoms with Crippen molar-refractivity contribution in [3.63, 3.8) is 0 Å². The summed E-state index contributed by atoms with van der Waals surface area (Å²) in [5.41, 5.74) is 1.74. The van der Waals surface area contributed by atoms with Crippen LogP contribution in [0.4, 0.5) is 5.69 Å². The lowest BCUT2D eigenvalue weighted by atomic mass is 9.77. The summed E-state index contributed by atoms with van der Waals surface area (Å²) < 4.78 is 5.73. The van der Waals surface area contributed by atoms with Crippen molar-refractivity contribution in [2.75, 3.05) is 18.5 Å². The van der Waals surface area contributed by atoms with Crippen LogP contribution in [0.25, 0.3) is 0 Å². The Morgan fingerprint density at radius 3 is 2.85 bits per heavy atom. The van der Waals surface area contributed by atoms with Gasteiger partial charge in [-0.2, -0.15) is 0 Å². The van der Waals surface area contributed by atoms with Crippen LogP contribution >= 0.6 is 0 Å². The van der Waals surface area contributed by atoms with Crippen molar-refractivity contribution in [3.05, 3.63) is 23.8 Å². The molecular formula is C17H23NO2. The number of hydrogen-bond acceptors (Lipinski definition) is 3. The Balaban J connectivity index is 1.78. The molecule has 1 saturated carbocycles. The molecular weight excluding hydrogens is 250 g/mol. The summed E-state index contributed by atoms with van der Waals surface area (Å²) in [7, 11) is 0. The maximum absolute atomic E-state index is 12.8. The highest BCUT2D eigenvalue weighted by atomic mass is 16.5. The molecule has 1 N–H and O–H groups in total. The maximum atomic E-state index is 12.8. The number of fused-ring (bicyclic) bond motifs is 1. The number of carbonyl (C=O) groups is 1. The summed E-state index contributed by atoms with van der Waals surface area (Å²) >= 11 is 0. The molecule has 108 valence electrons. The van der Waals surface area contributed by atoms with E-state index in [0.29, 0.717) is 6.61 Å². The standard InChI is InChI=1S/C17H23NO2/c1-2-12-6-8-13(9-7-12)16(19)14-4-3-5-15-17(14)20-11-10-18-15/h3-5,12-13,18H,2,6-11H2,1H3. The summed E-state index contributed by atoms with van der Waals surface area (Å²) in [6, 6.07) is 5.85. The Morgan fingerprint density at radius 1 is 1.30 bits per heavy atom. The topological polar surface area (TPSA) is 38.3 Å². The van der Waals surface area contributed by atoms with Gasteiger partial charge in [-0.05, 0) is 43.7 Å². The Kier molecular flexibility index (Phi) is 3.95. The van der Waals surface area contributed by atoms with Crippen LogP contribution in [0.2, 0.25) is 0 Å². The Hall–Kier alpha value is -1.51. The smallest absolute Gasteiger partial charge is 0.169 e. The molecule has 0 spiro atoms. The average molecular weight is 273 g/mol. The van der Waals surface area contributed by atoms with Gasteiger partial charge in [0.25, 0.3) is 0 Å². The molecule has 0 saturated heterocycles. The van der Waals surface area contributed by atoms with E-state index in [0.717, 1.165) is 42.3 Å². The molecule has 3 rings (SSSR count). The molecule has 1 aliphatic carbocycles. The molecule has 0 amide bonds. The molecule has 1 fully saturated rings. The Labute approximate surface area is 120 Å². The van der Waals surface area contributed by atoms with E-state index in [1.54, 1.807) is 0 Å². The molecule has 20 heavy (non-hydrogen) atoms. The first kappa shape index (κ1) is 13.5.